The molecule has 1 saturated carbocycles. The first-order chi connectivity index (χ1) is 15.2. The van der Waals surface area contributed by atoms with Gasteiger partial charge < -0.3 is 14.5 Å². The molecule has 2 unspecified atom stereocenters. The van der Waals surface area contributed by atoms with Crippen molar-refractivity contribution in [2.24, 2.45) is 17.0 Å². The van der Waals surface area contributed by atoms with E-state index < -0.39 is 5.97 Å². The van der Waals surface area contributed by atoms with Crippen LogP contribution in [-0.2, 0) is 16.1 Å². The van der Waals surface area contributed by atoms with Gasteiger partial charge in [0.25, 0.3) is 0 Å². The fraction of sp³-hybridized carbons (Fsp3) is 0.560. The topological polar surface area (TPSA) is 76.7 Å². The highest BCUT2D eigenvalue weighted by Gasteiger charge is 2.28. The molecule has 2 aromatic rings. The highest BCUT2D eigenvalue weighted by molar-refractivity contribution is 5.90. The summed E-state index contributed by atoms with van der Waals surface area (Å²) in [4.78, 5) is 21.3. The van der Waals surface area contributed by atoms with E-state index in [2.05, 4.69) is 39.0 Å². The van der Waals surface area contributed by atoms with Gasteiger partial charge in [0.15, 0.2) is 0 Å². The Bertz CT molecular complexity index is 799. The molecule has 0 saturated heterocycles. The average molecular weight is 426 g/mol. The third kappa shape index (κ3) is 6.94. The molecule has 1 aromatic carbocycles. The number of nitrogens with zero attached hydrogens (tertiary/aromatic N) is 3. The van der Waals surface area contributed by atoms with Crippen molar-refractivity contribution in [2.45, 2.75) is 70.8 Å². The normalized spacial score (nSPS) is 17.3. The summed E-state index contributed by atoms with van der Waals surface area (Å²) in [5, 5.41) is 13.9. The van der Waals surface area contributed by atoms with Gasteiger partial charge in [-0.25, -0.2) is 4.98 Å². The van der Waals surface area contributed by atoms with Gasteiger partial charge in [0.2, 0.25) is 0 Å². The van der Waals surface area contributed by atoms with E-state index in [4.69, 9.17) is 4.84 Å². The molecule has 1 aromatic heterocycles. The Kier molecular flexibility index (Phi) is 9.13. The van der Waals surface area contributed by atoms with Crippen LogP contribution in [0.1, 0.15) is 69.9 Å². The van der Waals surface area contributed by atoms with Crippen LogP contribution in [0.5, 0.6) is 0 Å². The second-order valence-electron chi connectivity index (χ2n) is 8.49. The number of carbonyl (C=O) groups is 1. The third-order valence-corrected chi connectivity index (χ3v) is 6.32. The van der Waals surface area contributed by atoms with Crippen molar-refractivity contribution in [1.29, 1.82) is 0 Å². The maximum atomic E-state index is 11.2. The van der Waals surface area contributed by atoms with Crippen molar-refractivity contribution in [3.63, 3.8) is 0 Å². The van der Waals surface area contributed by atoms with Crippen molar-refractivity contribution >= 4 is 11.7 Å². The molecule has 2 atom stereocenters. The van der Waals surface area contributed by atoms with E-state index >= 15 is 0 Å². The lowest BCUT2D eigenvalue weighted by Gasteiger charge is -2.29. The first-order valence-corrected chi connectivity index (χ1v) is 11.6. The largest absolute Gasteiger partial charge is 0.481 e. The molecule has 31 heavy (non-hydrogen) atoms. The van der Waals surface area contributed by atoms with Gasteiger partial charge in [-0.05, 0) is 44.1 Å². The first kappa shape index (κ1) is 23.0. The highest BCUT2D eigenvalue weighted by atomic mass is 16.6. The summed E-state index contributed by atoms with van der Waals surface area (Å²) in [7, 11) is 0. The van der Waals surface area contributed by atoms with E-state index in [1.807, 2.05) is 31.7 Å². The Hall–Kier alpha value is -2.63. The zero-order valence-electron chi connectivity index (χ0n) is 18.5. The van der Waals surface area contributed by atoms with Crippen LogP contribution in [0.2, 0.25) is 0 Å². The van der Waals surface area contributed by atoms with Crippen molar-refractivity contribution in [2.75, 3.05) is 6.61 Å². The Balaban J connectivity index is 1.75. The summed E-state index contributed by atoms with van der Waals surface area (Å²) in [6.07, 6.45) is 14.5. The Morgan fingerprint density at radius 3 is 2.68 bits per heavy atom. The SMILES string of the molecule is CCC(CCCO/N=C(\C1CCCCC1)C(Cc1ccccc1)n1ccnc1)C(=O)O. The quantitative estimate of drug-likeness (QED) is 0.276. The zero-order valence-corrected chi connectivity index (χ0v) is 18.5. The third-order valence-electron chi connectivity index (χ3n) is 6.32. The summed E-state index contributed by atoms with van der Waals surface area (Å²) >= 11 is 0. The molecule has 1 aliphatic rings. The van der Waals surface area contributed by atoms with E-state index in [-0.39, 0.29) is 12.0 Å². The van der Waals surface area contributed by atoms with Crippen LogP contribution in [0.3, 0.4) is 0 Å². The molecule has 1 aliphatic carbocycles. The summed E-state index contributed by atoms with van der Waals surface area (Å²) in [6, 6.07) is 10.5. The molecule has 0 aliphatic heterocycles. The number of imidazole rings is 1. The summed E-state index contributed by atoms with van der Waals surface area (Å²) in [6.45, 7) is 2.36. The zero-order chi connectivity index (χ0) is 21.9. The van der Waals surface area contributed by atoms with Crippen molar-refractivity contribution < 1.29 is 14.7 Å². The number of aromatic nitrogens is 2. The maximum absolute atomic E-state index is 11.2. The van der Waals surface area contributed by atoms with Crippen LogP contribution in [-0.4, -0.2) is 32.9 Å². The number of benzene rings is 1. The lowest BCUT2D eigenvalue weighted by atomic mass is 9.82. The van der Waals surface area contributed by atoms with E-state index in [1.54, 1.807) is 0 Å². The number of hydrogen-bond acceptors (Lipinski definition) is 4. The average Bonchev–Trinajstić information content (AvgIpc) is 3.33. The number of carboxylic acid groups (broad SMARTS) is 1. The molecule has 6 nitrogen and oxygen atoms in total. The van der Waals surface area contributed by atoms with Crippen LogP contribution >= 0.6 is 0 Å². The Labute approximate surface area is 185 Å². The van der Waals surface area contributed by atoms with Gasteiger partial charge in [-0.1, -0.05) is 61.7 Å². The molecule has 6 heteroatoms. The molecule has 1 heterocycles. The number of carboxylic acids is 1. The van der Waals surface area contributed by atoms with Crippen LogP contribution in [0.25, 0.3) is 0 Å². The number of rotatable bonds is 12. The number of oxime groups is 1. The monoisotopic (exact) mass is 425 g/mol. The molecule has 3 rings (SSSR count). The minimum atomic E-state index is -0.725. The minimum absolute atomic E-state index is 0.0652. The molecule has 0 amide bonds. The fourth-order valence-corrected chi connectivity index (χ4v) is 4.48. The smallest absolute Gasteiger partial charge is 0.306 e. The molecule has 1 fully saturated rings. The summed E-state index contributed by atoms with van der Waals surface area (Å²) in [5.41, 5.74) is 2.35. The predicted octanol–water partition coefficient (Wildman–Crippen LogP) is 5.51. The minimum Gasteiger partial charge on any atom is -0.481 e. The molecular weight excluding hydrogens is 390 g/mol. The number of hydrogen-bond donors (Lipinski definition) is 1. The van der Waals surface area contributed by atoms with Gasteiger partial charge in [0, 0.05) is 18.3 Å². The van der Waals surface area contributed by atoms with Crippen LogP contribution in [0, 0.1) is 11.8 Å². The lowest BCUT2D eigenvalue weighted by molar-refractivity contribution is -0.142. The van der Waals surface area contributed by atoms with Gasteiger partial charge in [-0.2, -0.15) is 0 Å². The number of aliphatic carboxylic acids is 1. The van der Waals surface area contributed by atoms with Crippen molar-refractivity contribution in [3.8, 4) is 0 Å². The van der Waals surface area contributed by atoms with Gasteiger partial charge in [-0.15, -0.1) is 0 Å². The van der Waals surface area contributed by atoms with Crippen LogP contribution in [0.15, 0.2) is 54.2 Å². The van der Waals surface area contributed by atoms with Crippen molar-refractivity contribution in [1.82, 2.24) is 9.55 Å². The fourth-order valence-electron chi connectivity index (χ4n) is 4.48. The second kappa shape index (κ2) is 12.3. The second-order valence-corrected chi connectivity index (χ2v) is 8.49. The van der Waals surface area contributed by atoms with E-state index in [9.17, 15) is 9.90 Å². The molecule has 0 radical (unpaired) electrons. The predicted molar refractivity (Wildman–Crippen MR) is 122 cm³/mol. The molecule has 168 valence electrons. The first-order valence-electron chi connectivity index (χ1n) is 11.6. The molecule has 1 N–H and O–H groups in total. The van der Waals surface area contributed by atoms with Crippen LogP contribution < -0.4 is 0 Å². The Morgan fingerprint density at radius 2 is 2.03 bits per heavy atom. The highest BCUT2D eigenvalue weighted by Crippen LogP contribution is 2.31. The van der Waals surface area contributed by atoms with Gasteiger partial charge >= 0.3 is 5.97 Å². The molecule has 0 spiro atoms. The molecular formula is C25H35N3O3. The van der Waals surface area contributed by atoms with Gasteiger partial charge in [0.1, 0.15) is 6.61 Å². The summed E-state index contributed by atoms with van der Waals surface area (Å²) in [5.74, 6) is -0.619. The summed E-state index contributed by atoms with van der Waals surface area (Å²) < 4.78 is 2.14. The van der Waals surface area contributed by atoms with Gasteiger partial charge in [-0.3, -0.25) is 4.79 Å². The molecule has 0 bridgehead atoms. The van der Waals surface area contributed by atoms with Gasteiger partial charge in [0.05, 0.1) is 24.0 Å². The standard InChI is InChI=1S/C25H35N3O3/c1-2-21(25(29)30)14-9-17-31-27-24(22-12-7-4-8-13-22)23(28-16-15-26-19-28)18-20-10-5-3-6-11-20/h3,5-6,10-11,15-16,19,21-23H,2,4,7-9,12-14,17-18H2,1H3,(H,29,30)/b27-24+. The van der Waals surface area contributed by atoms with Crippen LogP contribution in [0.4, 0.5) is 0 Å². The van der Waals surface area contributed by atoms with E-state index in [0.717, 1.165) is 25.0 Å². The van der Waals surface area contributed by atoms with Crippen molar-refractivity contribution in [3.05, 3.63) is 54.6 Å². The lowest BCUT2D eigenvalue weighted by Crippen LogP contribution is -2.29. The van der Waals surface area contributed by atoms with E-state index in [0.29, 0.717) is 31.8 Å². The Morgan fingerprint density at radius 1 is 1.26 bits per heavy atom. The maximum Gasteiger partial charge on any atom is 0.306 e. The van der Waals surface area contributed by atoms with E-state index in [1.165, 1.54) is 24.8 Å².